The van der Waals surface area contributed by atoms with Crippen molar-refractivity contribution in [1.29, 1.82) is 0 Å². The van der Waals surface area contributed by atoms with Crippen LogP contribution in [0, 0.1) is 6.92 Å². The van der Waals surface area contributed by atoms with Crippen LogP contribution in [0.1, 0.15) is 29.0 Å². The molecule has 3 heterocycles. The lowest BCUT2D eigenvalue weighted by Crippen LogP contribution is -2.47. The van der Waals surface area contributed by atoms with Crippen LogP contribution in [0.5, 0.6) is 0 Å². The second kappa shape index (κ2) is 10.7. The number of rotatable bonds is 8. The van der Waals surface area contributed by atoms with E-state index in [1.54, 1.807) is 12.1 Å². The smallest absolute Gasteiger partial charge is 0.322 e. The maximum Gasteiger partial charge on any atom is 0.322 e. The molecule has 1 aliphatic rings. The number of hydrogen-bond donors (Lipinski definition) is 3. The number of β-amino-alcohol motifs (C(OH)–C–C–N with tert-alkyl or cyclic N) is 1. The largest absolute Gasteiger partial charge is 0.399 e. The number of carbonyl (C=O) groups is 1. The Morgan fingerprint density at radius 3 is 2.68 bits per heavy atom. The van der Waals surface area contributed by atoms with Crippen molar-refractivity contribution in [2.24, 2.45) is 0 Å². The number of nitrogens with one attached hydrogen (secondary N) is 2. The first-order chi connectivity index (χ1) is 16.5. The average Bonchev–Trinajstić information content (AvgIpc) is 3.30. The summed E-state index contributed by atoms with van der Waals surface area (Å²) < 4.78 is 5.47. The summed E-state index contributed by atoms with van der Waals surface area (Å²) in [5, 5.41) is 22.8. The summed E-state index contributed by atoms with van der Waals surface area (Å²) in [6.45, 7) is 7.67. The van der Waals surface area contributed by atoms with Crippen LogP contribution in [0.3, 0.4) is 0 Å². The Morgan fingerprint density at radius 1 is 1.18 bits per heavy atom. The number of nitrogens with zero attached hydrogens (tertiary/aromatic N) is 7. The monoisotopic (exact) mass is 487 g/mol. The molecule has 0 radical (unpaired) electrons. The average molecular weight is 488 g/mol. The van der Waals surface area contributed by atoms with Gasteiger partial charge in [0.05, 0.1) is 17.3 Å². The van der Waals surface area contributed by atoms with Gasteiger partial charge in [-0.3, -0.25) is 15.0 Å². The highest BCUT2D eigenvalue weighted by Gasteiger charge is 2.21. The fourth-order valence-electron chi connectivity index (χ4n) is 3.49. The van der Waals surface area contributed by atoms with Crippen molar-refractivity contribution in [1.82, 2.24) is 30.0 Å². The maximum atomic E-state index is 12.6. The molecule has 34 heavy (non-hydrogen) atoms. The predicted octanol–water partition coefficient (Wildman–Crippen LogP) is 1.89. The minimum absolute atomic E-state index is 0.0204. The van der Waals surface area contributed by atoms with Gasteiger partial charge >= 0.3 is 17.8 Å². The number of halogens is 1. The summed E-state index contributed by atoms with van der Waals surface area (Å²) in [7, 11) is 0. The van der Waals surface area contributed by atoms with Crippen molar-refractivity contribution < 1.29 is 14.3 Å². The molecule has 2 aromatic heterocycles. The molecule has 0 aliphatic carbocycles. The normalized spacial score (nSPS) is 14.3. The van der Waals surface area contributed by atoms with E-state index in [4.69, 9.17) is 21.1 Å². The van der Waals surface area contributed by atoms with Crippen molar-refractivity contribution in [3.05, 3.63) is 40.5 Å². The maximum absolute atomic E-state index is 12.6. The SMILES string of the molecule is CCc1nc(Nc2nnc(C(=O)Nc3c(C)cccc3Cl)o2)nc(N2CCN(CCO)CC2)n1. The van der Waals surface area contributed by atoms with Gasteiger partial charge in [0.1, 0.15) is 5.82 Å². The number of aliphatic hydroxyl groups is 1. The van der Waals surface area contributed by atoms with E-state index < -0.39 is 5.91 Å². The molecular weight excluding hydrogens is 462 g/mol. The zero-order valence-electron chi connectivity index (χ0n) is 19.0. The molecule has 4 rings (SSSR count). The number of para-hydroxylation sites is 1. The lowest BCUT2D eigenvalue weighted by molar-refractivity contribution is 0.0991. The van der Waals surface area contributed by atoms with Crippen LogP contribution < -0.4 is 15.5 Å². The summed E-state index contributed by atoms with van der Waals surface area (Å²) in [5.74, 6) is 0.591. The highest BCUT2D eigenvalue weighted by Crippen LogP contribution is 2.26. The molecular formula is C21H26ClN9O3. The lowest BCUT2D eigenvalue weighted by atomic mass is 10.2. The number of hydrogen-bond acceptors (Lipinski definition) is 11. The summed E-state index contributed by atoms with van der Waals surface area (Å²) >= 11 is 6.17. The van der Waals surface area contributed by atoms with E-state index in [-0.39, 0.29) is 24.5 Å². The van der Waals surface area contributed by atoms with E-state index in [0.29, 0.717) is 35.4 Å². The van der Waals surface area contributed by atoms with Crippen molar-refractivity contribution in [3.8, 4) is 0 Å². The number of aromatic nitrogens is 5. The summed E-state index contributed by atoms with van der Waals surface area (Å²) in [5.41, 5.74) is 1.29. The van der Waals surface area contributed by atoms with Gasteiger partial charge in [0, 0.05) is 39.1 Å². The highest BCUT2D eigenvalue weighted by atomic mass is 35.5. The third kappa shape index (κ3) is 5.58. The zero-order valence-corrected chi connectivity index (χ0v) is 19.7. The van der Waals surface area contributed by atoms with Crippen LogP contribution in [0.2, 0.25) is 5.02 Å². The third-order valence-electron chi connectivity index (χ3n) is 5.36. The van der Waals surface area contributed by atoms with Crippen LogP contribution in [-0.4, -0.2) is 80.4 Å². The Bertz CT molecular complexity index is 1130. The number of carbonyl (C=O) groups excluding carboxylic acids is 1. The molecule has 1 aliphatic heterocycles. The van der Waals surface area contributed by atoms with Crippen molar-refractivity contribution >= 4 is 41.1 Å². The van der Waals surface area contributed by atoms with Crippen molar-refractivity contribution in [3.63, 3.8) is 0 Å². The van der Waals surface area contributed by atoms with Crippen molar-refractivity contribution in [2.75, 3.05) is 54.9 Å². The van der Waals surface area contributed by atoms with Crippen LogP contribution in [-0.2, 0) is 6.42 Å². The zero-order chi connectivity index (χ0) is 24.1. The summed E-state index contributed by atoms with van der Waals surface area (Å²) in [4.78, 5) is 30.2. The minimum atomic E-state index is -0.580. The third-order valence-corrected chi connectivity index (χ3v) is 5.67. The minimum Gasteiger partial charge on any atom is -0.399 e. The Balaban J connectivity index is 1.46. The molecule has 1 amide bonds. The van der Waals surface area contributed by atoms with Gasteiger partial charge in [0.2, 0.25) is 11.9 Å². The molecule has 0 bridgehead atoms. The van der Waals surface area contributed by atoms with E-state index in [1.165, 1.54) is 0 Å². The second-order valence-corrected chi connectivity index (χ2v) is 8.11. The van der Waals surface area contributed by atoms with E-state index in [1.807, 2.05) is 19.9 Å². The number of amides is 1. The Labute approximate surface area is 201 Å². The van der Waals surface area contributed by atoms with Crippen molar-refractivity contribution in [2.45, 2.75) is 20.3 Å². The standard InChI is InChI=1S/C21H26ClN9O3/c1-3-15-23-19(26-20(24-15)31-9-7-30(8-10-31)11-12-32)27-21-29-28-18(34-21)17(33)25-16-13(2)5-4-6-14(16)22/h4-6,32H,3,7-12H2,1-2H3,(H,25,33)(H,23,24,26,27,29). The highest BCUT2D eigenvalue weighted by molar-refractivity contribution is 6.34. The molecule has 0 atom stereocenters. The molecule has 1 fully saturated rings. The molecule has 3 N–H and O–H groups in total. The topological polar surface area (TPSA) is 145 Å². The fourth-order valence-corrected chi connectivity index (χ4v) is 3.76. The van der Waals surface area contributed by atoms with Gasteiger partial charge in [-0.15, -0.1) is 5.10 Å². The quantitative estimate of drug-likeness (QED) is 0.428. The molecule has 0 saturated carbocycles. The fraction of sp³-hybridized carbons (Fsp3) is 0.429. The van der Waals surface area contributed by atoms with E-state index in [0.717, 1.165) is 31.7 Å². The second-order valence-electron chi connectivity index (χ2n) is 7.70. The van der Waals surface area contributed by atoms with Crippen LogP contribution in [0.4, 0.5) is 23.6 Å². The van der Waals surface area contributed by atoms with E-state index >= 15 is 0 Å². The number of anilines is 4. The first-order valence-electron chi connectivity index (χ1n) is 11.0. The van der Waals surface area contributed by atoms with Crippen LogP contribution >= 0.6 is 11.6 Å². The Kier molecular flexibility index (Phi) is 7.50. The number of piperazine rings is 1. The molecule has 0 unspecified atom stereocenters. The van der Waals surface area contributed by atoms with E-state index in [9.17, 15) is 4.79 Å². The first kappa shape index (κ1) is 23.8. The molecule has 1 saturated heterocycles. The van der Waals surface area contributed by atoms with Crippen LogP contribution in [0.15, 0.2) is 22.6 Å². The lowest BCUT2D eigenvalue weighted by Gasteiger charge is -2.34. The molecule has 0 spiro atoms. The van der Waals surface area contributed by atoms with Gasteiger partial charge in [-0.1, -0.05) is 35.8 Å². The van der Waals surface area contributed by atoms with Gasteiger partial charge in [-0.25, -0.2) is 0 Å². The Hall–Kier alpha value is -3.35. The number of benzene rings is 1. The predicted molar refractivity (Wildman–Crippen MR) is 127 cm³/mol. The van der Waals surface area contributed by atoms with Gasteiger partial charge in [0.25, 0.3) is 0 Å². The molecule has 180 valence electrons. The van der Waals surface area contributed by atoms with Gasteiger partial charge in [0.15, 0.2) is 0 Å². The summed E-state index contributed by atoms with van der Waals surface area (Å²) in [6.07, 6.45) is 0.614. The molecule has 3 aromatic rings. The number of aliphatic hydroxyl groups excluding tert-OH is 1. The first-order valence-corrected chi connectivity index (χ1v) is 11.3. The Morgan fingerprint density at radius 2 is 1.97 bits per heavy atom. The molecule has 1 aromatic carbocycles. The van der Waals surface area contributed by atoms with Gasteiger partial charge < -0.3 is 19.7 Å². The summed E-state index contributed by atoms with van der Waals surface area (Å²) in [6, 6.07) is 5.29. The van der Waals surface area contributed by atoms with E-state index in [2.05, 4.69) is 45.6 Å². The molecule has 13 heteroatoms. The number of aryl methyl sites for hydroxylation is 2. The van der Waals surface area contributed by atoms with Crippen LogP contribution in [0.25, 0.3) is 0 Å². The molecule has 12 nitrogen and oxygen atoms in total. The van der Waals surface area contributed by atoms with Gasteiger partial charge in [-0.2, -0.15) is 15.0 Å². The van der Waals surface area contributed by atoms with Gasteiger partial charge in [-0.05, 0) is 18.6 Å².